The van der Waals surface area contributed by atoms with Crippen LogP contribution in [-0.2, 0) is 14.4 Å². The number of amides is 1. The summed E-state index contributed by atoms with van der Waals surface area (Å²) in [5.74, 6) is 1.06. The van der Waals surface area contributed by atoms with Crippen molar-refractivity contribution in [3.05, 3.63) is 0 Å². The van der Waals surface area contributed by atoms with Gasteiger partial charge in [0.2, 0.25) is 0 Å². The van der Waals surface area contributed by atoms with Gasteiger partial charge in [-0.25, -0.2) is 5.06 Å². The maximum absolute atomic E-state index is 12.9. The maximum atomic E-state index is 12.9. The molecule has 112 valence electrons. The van der Waals surface area contributed by atoms with Crippen molar-refractivity contribution in [3.8, 4) is 0 Å². The minimum absolute atomic E-state index is 0.106. The van der Waals surface area contributed by atoms with Gasteiger partial charge in [-0.1, -0.05) is 0 Å². The van der Waals surface area contributed by atoms with E-state index in [9.17, 15) is 4.79 Å². The number of hydrogen-bond donors (Lipinski definition) is 0. The predicted octanol–water partition coefficient (Wildman–Crippen LogP) is 1.04. The molecule has 2 atom stereocenters. The van der Waals surface area contributed by atoms with Gasteiger partial charge in [-0.3, -0.25) is 9.63 Å². The van der Waals surface area contributed by atoms with E-state index in [0.717, 1.165) is 51.4 Å². The minimum Gasteiger partial charge on any atom is -0.377 e. The fraction of sp³-hybridized carbons (Fsp3) is 0.933. The van der Waals surface area contributed by atoms with Crippen LogP contribution in [0, 0.1) is 11.3 Å². The quantitative estimate of drug-likeness (QED) is 0.775. The molecule has 0 radical (unpaired) electrons. The van der Waals surface area contributed by atoms with E-state index in [2.05, 4.69) is 4.90 Å². The first-order valence-electron chi connectivity index (χ1n) is 8.07. The zero-order valence-electron chi connectivity index (χ0n) is 12.1. The van der Waals surface area contributed by atoms with Gasteiger partial charge < -0.3 is 9.64 Å². The third-order valence-corrected chi connectivity index (χ3v) is 5.32. The van der Waals surface area contributed by atoms with Crippen molar-refractivity contribution >= 4 is 5.91 Å². The second-order valence-electron chi connectivity index (χ2n) is 6.83. The molecule has 3 saturated heterocycles. The highest BCUT2D eigenvalue weighted by molar-refractivity contribution is 5.83. The molecule has 0 bridgehead atoms. The molecular weight excluding hydrogens is 256 g/mol. The van der Waals surface area contributed by atoms with Gasteiger partial charge in [0.15, 0.2) is 0 Å². The van der Waals surface area contributed by atoms with Crippen LogP contribution in [0.5, 0.6) is 0 Å². The summed E-state index contributed by atoms with van der Waals surface area (Å²) in [4.78, 5) is 21.0. The van der Waals surface area contributed by atoms with Crippen LogP contribution in [0.2, 0.25) is 0 Å². The van der Waals surface area contributed by atoms with E-state index in [-0.39, 0.29) is 17.4 Å². The fourth-order valence-electron chi connectivity index (χ4n) is 4.01. The van der Waals surface area contributed by atoms with E-state index >= 15 is 0 Å². The smallest absolute Gasteiger partial charge is 0.256 e. The number of fused-ring (bicyclic) bond motifs is 1. The van der Waals surface area contributed by atoms with Gasteiger partial charge in [0.25, 0.3) is 5.91 Å². The Labute approximate surface area is 120 Å². The molecule has 0 unspecified atom stereocenters. The molecule has 0 N–H and O–H groups in total. The summed E-state index contributed by atoms with van der Waals surface area (Å²) in [6, 6.07) is 0. The van der Waals surface area contributed by atoms with Crippen molar-refractivity contribution in [1.29, 1.82) is 0 Å². The summed E-state index contributed by atoms with van der Waals surface area (Å²) < 4.78 is 5.88. The second-order valence-corrected chi connectivity index (χ2v) is 6.83. The number of hydroxylamine groups is 2. The third kappa shape index (κ3) is 2.16. The first kappa shape index (κ1) is 13.0. The first-order chi connectivity index (χ1) is 9.78. The van der Waals surface area contributed by atoms with Crippen molar-refractivity contribution < 1.29 is 14.4 Å². The lowest BCUT2D eigenvalue weighted by Crippen LogP contribution is -2.57. The number of ether oxygens (including phenoxy) is 1. The molecule has 1 aliphatic carbocycles. The number of carbonyl (C=O) groups excluding carboxylic acids is 1. The van der Waals surface area contributed by atoms with E-state index in [1.807, 2.05) is 0 Å². The Hall–Kier alpha value is -0.650. The Balaban J connectivity index is 1.52. The Bertz CT molecular complexity index is 393. The van der Waals surface area contributed by atoms with Crippen LogP contribution in [-0.4, -0.2) is 61.4 Å². The monoisotopic (exact) mass is 280 g/mol. The van der Waals surface area contributed by atoms with E-state index < -0.39 is 0 Å². The number of hydrogen-bond acceptors (Lipinski definition) is 4. The van der Waals surface area contributed by atoms with E-state index in [1.54, 1.807) is 5.06 Å². The molecule has 5 heteroatoms. The molecule has 4 aliphatic rings. The number of carbonyl (C=O) groups is 1. The van der Waals surface area contributed by atoms with Crippen LogP contribution in [0.4, 0.5) is 0 Å². The van der Waals surface area contributed by atoms with Gasteiger partial charge in [-0.15, -0.1) is 0 Å². The van der Waals surface area contributed by atoms with Crippen molar-refractivity contribution in [3.63, 3.8) is 0 Å². The molecule has 1 saturated carbocycles. The molecule has 1 amide bonds. The van der Waals surface area contributed by atoms with Gasteiger partial charge in [-0.2, -0.15) is 0 Å². The highest BCUT2D eigenvalue weighted by Gasteiger charge is 2.55. The molecule has 4 fully saturated rings. The number of likely N-dealkylation sites (tertiary alicyclic amines) is 1. The second kappa shape index (κ2) is 4.97. The lowest BCUT2D eigenvalue weighted by atomic mass is 9.75. The van der Waals surface area contributed by atoms with Crippen LogP contribution in [0.1, 0.15) is 32.1 Å². The molecule has 0 aromatic heterocycles. The SMILES string of the molecule is O=C(N1CCCO1)[C@@]12CCO[C@@H]1CCN(CC1CC1)C2. The molecule has 3 aliphatic heterocycles. The molecule has 20 heavy (non-hydrogen) atoms. The Kier molecular flexibility index (Phi) is 3.24. The predicted molar refractivity (Wildman–Crippen MR) is 72.9 cm³/mol. The van der Waals surface area contributed by atoms with Crippen LogP contribution in [0.3, 0.4) is 0 Å². The Morgan fingerprint density at radius 2 is 2.10 bits per heavy atom. The van der Waals surface area contributed by atoms with Gasteiger partial charge in [-0.05, 0) is 38.0 Å². The average Bonchev–Trinajstić information content (AvgIpc) is 2.97. The molecule has 4 rings (SSSR count). The van der Waals surface area contributed by atoms with Crippen LogP contribution >= 0.6 is 0 Å². The minimum atomic E-state index is -0.336. The van der Waals surface area contributed by atoms with Gasteiger partial charge in [0.05, 0.1) is 24.7 Å². The number of nitrogens with zero attached hydrogens (tertiary/aromatic N) is 2. The molecule has 5 nitrogen and oxygen atoms in total. The lowest BCUT2D eigenvalue weighted by molar-refractivity contribution is -0.187. The van der Waals surface area contributed by atoms with Crippen molar-refractivity contribution in [2.45, 2.75) is 38.2 Å². The summed E-state index contributed by atoms with van der Waals surface area (Å²) in [7, 11) is 0. The van der Waals surface area contributed by atoms with Crippen molar-refractivity contribution in [2.24, 2.45) is 11.3 Å². The molecule has 0 spiro atoms. The average molecular weight is 280 g/mol. The Morgan fingerprint density at radius 3 is 2.85 bits per heavy atom. The normalized spacial score (nSPS) is 38.2. The van der Waals surface area contributed by atoms with Gasteiger partial charge in [0, 0.05) is 26.2 Å². The summed E-state index contributed by atoms with van der Waals surface area (Å²) in [5, 5.41) is 1.61. The summed E-state index contributed by atoms with van der Waals surface area (Å²) in [5.41, 5.74) is -0.336. The number of piperidine rings is 1. The molecular formula is C15H24N2O3. The number of rotatable bonds is 3. The first-order valence-corrected chi connectivity index (χ1v) is 8.07. The topological polar surface area (TPSA) is 42.0 Å². The Morgan fingerprint density at radius 1 is 1.20 bits per heavy atom. The maximum Gasteiger partial charge on any atom is 0.256 e. The van der Waals surface area contributed by atoms with Gasteiger partial charge in [0.1, 0.15) is 0 Å². The van der Waals surface area contributed by atoms with E-state index in [1.165, 1.54) is 19.4 Å². The summed E-state index contributed by atoms with van der Waals surface area (Å²) >= 11 is 0. The largest absolute Gasteiger partial charge is 0.377 e. The van der Waals surface area contributed by atoms with Crippen molar-refractivity contribution in [1.82, 2.24) is 9.96 Å². The fourth-order valence-corrected chi connectivity index (χ4v) is 4.01. The van der Waals surface area contributed by atoms with E-state index in [0.29, 0.717) is 6.61 Å². The zero-order chi connectivity index (χ0) is 13.6. The standard InChI is InChI=1S/C15H24N2O3/c18-14(17-6-1-8-20-17)15-5-9-19-13(15)4-7-16(11-15)10-12-2-3-12/h12-13H,1-11H2/t13-,15-/m1/s1. The zero-order valence-corrected chi connectivity index (χ0v) is 12.1. The summed E-state index contributed by atoms with van der Waals surface area (Å²) in [6.45, 7) is 5.27. The van der Waals surface area contributed by atoms with E-state index in [4.69, 9.17) is 9.57 Å². The lowest BCUT2D eigenvalue weighted by Gasteiger charge is -2.43. The molecule has 3 heterocycles. The third-order valence-electron chi connectivity index (χ3n) is 5.32. The summed E-state index contributed by atoms with van der Waals surface area (Å²) in [6.07, 6.45) is 5.65. The van der Waals surface area contributed by atoms with Crippen LogP contribution in [0.25, 0.3) is 0 Å². The molecule has 0 aromatic carbocycles. The van der Waals surface area contributed by atoms with Crippen LogP contribution < -0.4 is 0 Å². The molecule has 0 aromatic rings. The highest BCUT2D eigenvalue weighted by atomic mass is 16.7. The highest BCUT2D eigenvalue weighted by Crippen LogP contribution is 2.44. The van der Waals surface area contributed by atoms with Crippen LogP contribution in [0.15, 0.2) is 0 Å². The van der Waals surface area contributed by atoms with Crippen molar-refractivity contribution in [2.75, 3.05) is 39.4 Å². The van der Waals surface area contributed by atoms with Gasteiger partial charge >= 0.3 is 0 Å².